The lowest BCUT2D eigenvalue weighted by Gasteiger charge is -1.97. The van der Waals surface area contributed by atoms with Crippen LogP contribution in [0.15, 0.2) is 28.7 Å². The van der Waals surface area contributed by atoms with Gasteiger partial charge in [-0.1, -0.05) is 28.1 Å². The number of hydrogen-bond acceptors (Lipinski definition) is 1. The summed E-state index contributed by atoms with van der Waals surface area (Å²) in [5, 5.41) is -0.0575. The van der Waals surface area contributed by atoms with E-state index < -0.39 is 0 Å². The highest BCUT2D eigenvalue weighted by atomic mass is 79.9. The summed E-state index contributed by atoms with van der Waals surface area (Å²) in [6.07, 6.45) is 1.28. The van der Waals surface area contributed by atoms with Gasteiger partial charge in [-0.05, 0) is 24.1 Å². The maximum Gasteiger partial charge on any atom is 0.186 e. The SMILES string of the molecule is O=C(S)CCc1ccc(Br)cc1. The lowest BCUT2D eigenvalue weighted by molar-refractivity contribution is -0.110. The van der Waals surface area contributed by atoms with Gasteiger partial charge >= 0.3 is 0 Å². The van der Waals surface area contributed by atoms with E-state index in [0.29, 0.717) is 6.42 Å². The molecule has 64 valence electrons. The highest BCUT2D eigenvalue weighted by Crippen LogP contribution is 2.11. The van der Waals surface area contributed by atoms with E-state index >= 15 is 0 Å². The molecule has 12 heavy (non-hydrogen) atoms. The van der Waals surface area contributed by atoms with Gasteiger partial charge < -0.3 is 0 Å². The summed E-state index contributed by atoms with van der Waals surface area (Å²) in [5.74, 6) is 0. The van der Waals surface area contributed by atoms with E-state index in [1.165, 1.54) is 5.56 Å². The molecule has 0 radical (unpaired) electrons. The summed E-state index contributed by atoms with van der Waals surface area (Å²) in [4.78, 5) is 10.5. The van der Waals surface area contributed by atoms with E-state index in [4.69, 9.17) is 0 Å². The second-order valence-electron chi connectivity index (χ2n) is 2.52. The van der Waals surface area contributed by atoms with Gasteiger partial charge in [-0.15, -0.1) is 12.6 Å². The van der Waals surface area contributed by atoms with Gasteiger partial charge in [0.15, 0.2) is 5.12 Å². The number of carbonyl (C=O) groups is 1. The first-order valence-corrected chi connectivity index (χ1v) is 4.89. The Morgan fingerprint density at radius 2 is 1.92 bits per heavy atom. The zero-order valence-electron chi connectivity index (χ0n) is 6.46. The van der Waals surface area contributed by atoms with Gasteiger partial charge in [0.2, 0.25) is 0 Å². The van der Waals surface area contributed by atoms with Crippen molar-refractivity contribution < 1.29 is 4.79 Å². The van der Waals surface area contributed by atoms with Crippen molar-refractivity contribution in [2.45, 2.75) is 12.8 Å². The fourth-order valence-electron chi connectivity index (χ4n) is 0.902. The van der Waals surface area contributed by atoms with Crippen LogP contribution in [0.3, 0.4) is 0 Å². The maximum absolute atomic E-state index is 10.5. The Morgan fingerprint density at radius 1 is 1.33 bits per heavy atom. The molecule has 0 aromatic heterocycles. The molecular weight excluding hydrogens is 236 g/mol. The fraction of sp³-hybridized carbons (Fsp3) is 0.222. The van der Waals surface area contributed by atoms with Gasteiger partial charge in [0, 0.05) is 10.9 Å². The summed E-state index contributed by atoms with van der Waals surface area (Å²) in [7, 11) is 0. The highest BCUT2D eigenvalue weighted by molar-refractivity contribution is 9.10. The van der Waals surface area contributed by atoms with E-state index in [-0.39, 0.29) is 5.12 Å². The third-order valence-electron chi connectivity index (χ3n) is 1.54. The summed E-state index contributed by atoms with van der Waals surface area (Å²) in [5.41, 5.74) is 1.17. The lowest BCUT2D eigenvalue weighted by atomic mass is 10.1. The standard InChI is InChI=1S/C9H9BrOS/c10-8-4-1-7(2-5-8)3-6-9(11)12/h1-2,4-5H,3,6H2,(H,11,12). The van der Waals surface area contributed by atoms with Gasteiger partial charge in [0.25, 0.3) is 0 Å². The average molecular weight is 245 g/mol. The van der Waals surface area contributed by atoms with E-state index in [1.807, 2.05) is 24.3 Å². The molecule has 0 N–H and O–H groups in total. The van der Waals surface area contributed by atoms with E-state index in [2.05, 4.69) is 28.6 Å². The predicted molar refractivity (Wildman–Crippen MR) is 56.5 cm³/mol. The lowest BCUT2D eigenvalue weighted by Crippen LogP contribution is -1.90. The molecule has 0 fully saturated rings. The van der Waals surface area contributed by atoms with Crippen molar-refractivity contribution in [1.29, 1.82) is 0 Å². The molecule has 3 heteroatoms. The molecule has 0 unspecified atom stereocenters. The zero-order chi connectivity index (χ0) is 8.97. The minimum atomic E-state index is -0.0575. The molecule has 0 saturated heterocycles. The third kappa shape index (κ3) is 3.41. The number of benzene rings is 1. The zero-order valence-corrected chi connectivity index (χ0v) is 8.94. The minimum Gasteiger partial charge on any atom is -0.287 e. The van der Waals surface area contributed by atoms with Gasteiger partial charge in [-0.2, -0.15) is 0 Å². The largest absolute Gasteiger partial charge is 0.287 e. The number of aryl methyl sites for hydroxylation is 1. The first-order chi connectivity index (χ1) is 5.68. The van der Waals surface area contributed by atoms with Crippen molar-refractivity contribution in [2.75, 3.05) is 0 Å². The van der Waals surface area contributed by atoms with Gasteiger partial charge in [0.1, 0.15) is 0 Å². The molecule has 1 nitrogen and oxygen atoms in total. The summed E-state index contributed by atoms with van der Waals surface area (Å²) in [6, 6.07) is 7.94. The molecule has 1 aromatic rings. The number of rotatable bonds is 3. The van der Waals surface area contributed by atoms with Crippen molar-refractivity contribution in [1.82, 2.24) is 0 Å². The van der Waals surface area contributed by atoms with Gasteiger partial charge in [-0.25, -0.2) is 0 Å². The third-order valence-corrected chi connectivity index (χ3v) is 2.29. The van der Waals surface area contributed by atoms with Crippen LogP contribution in [0.25, 0.3) is 0 Å². The van der Waals surface area contributed by atoms with Gasteiger partial charge in [0.05, 0.1) is 0 Å². The fourth-order valence-corrected chi connectivity index (χ4v) is 1.28. The Balaban J connectivity index is 2.53. The Hall–Kier alpha value is -0.280. The minimum absolute atomic E-state index is 0.0575. The van der Waals surface area contributed by atoms with Crippen LogP contribution < -0.4 is 0 Å². The number of carbonyl (C=O) groups excluding carboxylic acids is 1. The Kier molecular flexibility index (Phi) is 3.82. The number of halogens is 1. The molecule has 0 aliphatic heterocycles. The molecule has 1 rings (SSSR count). The Morgan fingerprint density at radius 3 is 2.42 bits per heavy atom. The monoisotopic (exact) mass is 244 g/mol. The summed E-state index contributed by atoms with van der Waals surface area (Å²) < 4.78 is 1.06. The van der Waals surface area contributed by atoms with Crippen molar-refractivity contribution in [3.8, 4) is 0 Å². The molecule has 0 aliphatic carbocycles. The van der Waals surface area contributed by atoms with Crippen LogP contribution in [0.4, 0.5) is 0 Å². The average Bonchev–Trinajstić information content (AvgIpc) is 2.03. The number of hydrogen-bond donors (Lipinski definition) is 1. The van der Waals surface area contributed by atoms with Crippen LogP contribution in [0, 0.1) is 0 Å². The molecule has 0 aliphatic rings. The quantitative estimate of drug-likeness (QED) is 0.810. The predicted octanol–water partition coefficient (Wildman–Crippen LogP) is 2.84. The van der Waals surface area contributed by atoms with Crippen LogP contribution in [0.5, 0.6) is 0 Å². The molecule has 0 heterocycles. The van der Waals surface area contributed by atoms with Gasteiger partial charge in [-0.3, -0.25) is 4.79 Å². The Bertz CT molecular complexity index is 268. The molecule has 0 bridgehead atoms. The molecule has 0 atom stereocenters. The van der Waals surface area contributed by atoms with Crippen molar-refractivity contribution in [3.05, 3.63) is 34.3 Å². The van der Waals surface area contributed by atoms with Crippen molar-refractivity contribution in [2.24, 2.45) is 0 Å². The second-order valence-corrected chi connectivity index (χ2v) is 3.93. The van der Waals surface area contributed by atoms with Crippen LogP contribution in [-0.4, -0.2) is 5.12 Å². The van der Waals surface area contributed by atoms with E-state index in [0.717, 1.165) is 10.9 Å². The van der Waals surface area contributed by atoms with Crippen LogP contribution in [0.2, 0.25) is 0 Å². The van der Waals surface area contributed by atoms with Crippen LogP contribution in [-0.2, 0) is 11.2 Å². The topological polar surface area (TPSA) is 17.1 Å². The highest BCUT2D eigenvalue weighted by Gasteiger charge is 1.96. The Labute approximate surface area is 85.7 Å². The molecule has 0 amide bonds. The first kappa shape index (κ1) is 9.81. The van der Waals surface area contributed by atoms with Crippen LogP contribution in [0.1, 0.15) is 12.0 Å². The molecule has 0 saturated carbocycles. The summed E-state index contributed by atoms with van der Waals surface area (Å²) >= 11 is 7.04. The van der Waals surface area contributed by atoms with E-state index in [9.17, 15) is 4.79 Å². The summed E-state index contributed by atoms with van der Waals surface area (Å²) in [6.45, 7) is 0. The molecular formula is C9H9BrOS. The molecule has 1 aromatic carbocycles. The first-order valence-electron chi connectivity index (χ1n) is 3.65. The molecule has 0 spiro atoms. The maximum atomic E-state index is 10.5. The normalized spacial score (nSPS) is 9.83. The van der Waals surface area contributed by atoms with Crippen molar-refractivity contribution in [3.63, 3.8) is 0 Å². The number of thiol groups is 1. The second kappa shape index (κ2) is 4.67. The van der Waals surface area contributed by atoms with Crippen LogP contribution >= 0.6 is 28.6 Å². The van der Waals surface area contributed by atoms with E-state index in [1.54, 1.807) is 0 Å². The van der Waals surface area contributed by atoms with Crippen molar-refractivity contribution >= 4 is 33.7 Å². The smallest absolute Gasteiger partial charge is 0.186 e.